The predicted octanol–water partition coefficient (Wildman–Crippen LogP) is 3.75. The second-order valence-electron chi connectivity index (χ2n) is 3.75. The van der Waals surface area contributed by atoms with Gasteiger partial charge in [-0.1, -0.05) is 18.2 Å². The van der Waals surface area contributed by atoms with Crippen LogP contribution in [0.25, 0.3) is 0 Å². The van der Waals surface area contributed by atoms with E-state index in [9.17, 15) is 0 Å². The van der Waals surface area contributed by atoms with Crippen molar-refractivity contribution in [1.29, 1.82) is 0 Å². The number of hydrogen-bond acceptors (Lipinski definition) is 2. The second-order valence-corrected chi connectivity index (χ2v) is 5.21. The monoisotopic (exact) mass is 236 g/mol. The number of aryl methyl sites for hydroxylation is 2. The van der Waals surface area contributed by atoms with Crippen molar-refractivity contribution in [2.75, 3.05) is 11.5 Å². The Morgan fingerprint density at radius 2 is 2.07 bits per heavy atom. The Balaban J connectivity index is 1.95. The average Bonchev–Trinajstić information content (AvgIpc) is 2.71. The minimum atomic E-state index is 0.838. The van der Waals surface area contributed by atoms with Gasteiger partial charge in [-0.3, -0.25) is 0 Å². The molecule has 15 heavy (non-hydrogen) atoms. The fourth-order valence-electron chi connectivity index (χ4n) is 1.92. The molecule has 1 aromatic carbocycles. The lowest BCUT2D eigenvalue weighted by Crippen LogP contribution is -1.83. The first-order valence-electron chi connectivity index (χ1n) is 5.40. The Kier molecular flexibility index (Phi) is 4.21. The molecule has 0 nitrogen and oxygen atoms in total. The molecular formula is C13H16S2. The maximum Gasteiger partial charge on any atom is 0.0161 e. The molecule has 0 amide bonds. The van der Waals surface area contributed by atoms with E-state index in [1.54, 1.807) is 11.1 Å². The van der Waals surface area contributed by atoms with Crippen LogP contribution in [0, 0.1) is 0 Å². The summed E-state index contributed by atoms with van der Waals surface area (Å²) in [5.41, 5.74) is 3.13. The maximum absolute atomic E-state index is 4.14. The van der Waals surface area contributed by atoms with Crippen LogP contribution >= 0.6 is 24.4 Å². The summed E-state index contributed by atoms with van der Waals surface area (Å²) in [5.74, 6) is 1.89. The highest BCUT2D eigenvalue weighted by Gasteiger charge is 2.10. The lowest BCUT2D eigenvalue weighted by Gasteiger charge is -2.02. The smallest absolute Gasteiger partial charge is 0.0161 e. The normalized spacial score (nSPS) is 14.7. The molecule has 0 bridgehead atoms. The van der Waals surface area contributed by atoms with E-state index in [1.165, 1.54) is 24.2 Å². The molecule has 1 aliphatic carbocycles. The Labute approximate surface area is 102 Å². The summed E-state index contributed by atoms with van der Waals surface area (Å²) >= 11 is 6.04. The zero-order valence-corrected chi connectivity index (χ0v) is 10.5. The molecule has 0 heterocycles. The van der Waals surface area contributed by atoms with Gasteiger partial charge in [-0.05, 0) is 42.5 Å². The van der Waals surface area contributed by atoms with Crippen molar-refractivity contribution in [3.63, 3.8) is 0 Å². The lowest BCUT2D eigenvalue weighted by atomic mass is 10.1. The molecular weight excluding hydrogens is 220 g/mol. The van der Waals surface area contributed by atoms with Crippen molar-refractivity contribution in [3.05, 3.63) is 41.5 Å². The van der Waals surface area contributed by atoms with E-state index in [0.29, 0.717) is 0 Å². The first-order valence-corrected chi connectivity index (χ1v) is 7.02. The fraction of sp³-hybridized carbons (Fsp3) is 0.385. The van der Waals surface area contributed by atoms with Gasteiger partial charge in [-0.25, -0.2) is 0 Å². The van der Waals surface area contributed by atoms with Crippen LogP contribution in [0.1, 0.15) is 17.5 Å². The van der Waals surface area contributed by atoms with Gasteiger partial charge in [-0.15, -0.1) is 11.8 Å². The number of thioether (sulfide) groups is 1. The van der Waals surface area contributed by atoms with Crippen LogP contribution in [-0.2, 0) is 12.8 Å². The third kappa shape index (κ3) is 3.05. The van der Waals surface area contributed by atoms with Crippen molar-refractivity contribution >= 4 is 24.4 Å². The summed E-state index contributed by atoms with van der Waals surface area (Å²) in [6.07, 6.45) is 8.17. The van der Waals surface area contributed by atoms with Crippen LogP contribution in [0.3, 0.4) is 0 Å². The highest BCUT2D eigenvalue weighted by molar-refractivity contribution is 7.99. The molecule has 0 fully saturated rings. The molecule has 0 saturated heterocycles. The molecule has 0 atom stereocenters. The van der Waals surface area contributed by atoms with Crippen LogP contribution in [0.2, 0.25) is 0 Å². The van der Waals surface area contributed by atoms with Gasteiger partial charge in [0.25, 0.3) is 0 Å². The highest BCUT2D eigenvalue weighted by Crippen LogP contribution is 2.27. The predicted molar refractivity (Wildman–Crippen MR) is 72.2 cm³/mol. The summed E-state index contributed by atoms with van der Waals surface area (Å²) < 4.78 is 0. The maximum atomic E-state index is 4.14. The van der Waals surface area contributed by atoms with Gasteiger partial charge in [-0.2, -0.15) is 12.6 Å². The van der Waals surface area contributed by atoms with Gasteiger partial charge in [0, 0.05) is 16.4 Å². The third-order valence-corrected chi connectivity index (χ3v) is 3.85. The Hall–Kier alpha value is -0.340. The van der Waals surface area contributed by atoms with Crippen molar-refractivity contribution < 1.29 is 0 Å². The van der Waals surface area contributed by atoms with Crippen molar-refractivity contribution in [1.82, 2.24) is 0 Å². The van der Waals surface area contributed by atoms with E-state index < -0.39 is 0 Å². The molecule has 1 aromatic rings. The van der Waals surface area contributed by atoms with E-state index in [0.717, 1.165) is 11.5 Å². The Morgan fingerprint density at radius 1 is 1.20 bits per heavy atom. The molecule has 0 aliphatic heterocycles. The van der Waals surface area contributed by atoms with Gasteiger partial charge in [0.2, 0.25) is 0 Å². The summed E-state index contributed by atoms with van der Waals surface area (Å²) in [6.45, 7) is 0. The van der Waals surface area contributed by atoms with E-state index >= 15 is 0 Å². The van der Waals surface area contributed by atoms with Gasteiger partial charge in [0.1, 0.15) is 0 Å². The number of benzene rings is 1. The van der Waals surface area contributed by atoms with Gasteiger partial charge < -0.3 is 0 Å². The minimum absolute atomic E-state index is 0.838. The van der Waals surface area contributed by atoms with E-state index in [4.69, 9.17) is 0 Å². The van der Waals surface area contributed by atoms with Gasteiger partial charge in [0.05, 0.1) is 0 Å². The standard InChI is InChI=1S/C13H16S2/c14-8-1-2-9-15-13-7-6-11-4-3-5-12(11)10-13/h1-2,6-7,10,14H,3-5,8-9H2. The van der Waals surface area contributed by atoms with Gasteiger partial charge >= 0.3 is 0 Å². The van der Waals surface area contributed by atoms with E-state index in [1.807, 2.05) is 11.8 Å². The van der Waals surface area contributed by atoms with E-state index in [-0.39, 0.29) is 0 Å². The number of rotatable bonds is 4. The highest BCUT2D eigenvalue weighted by atomic mass is 32.2. The Bertz CT molecular complexity index is 356. The zero-order valence-electron chi connectivity index (χ0n) is 8.78. The molecule has 1 aliphatic rings. The summed E-state index contributed by atoms with van der Waals surface area (Å²) in [6, 6.07) is 6.91. The molecule has 2 rings (SSSR count). The number of fused-ring (bicyclic) bond motifs is 1. The summed E-state index contributed by atoms with van der Waals surface area (Å²) in [5, 5.41) is 0. The largest absolute Gasteiger partial charge is 0.175 e. The molecule has 0 saturated carbocycles. The number of hydrogen-bond donors (Lipinski definition) is 1. The van der Waals surface area contributed by atoms with Gasteiger partial charge in [0.15, 0.2) is 0 Å². The quantitative estimate of drug-likeness (QED) is 0.472. The van der Waals surface area contributed by atoms with Crippen LogP contribution in [0.4, 0.5) is 0 Å². The fourth-order valence-corrected chi connectivity index (χ4v) is 2.89. The first kappa shape index (κ1) is 11.2. The lowest BCUT2D eigenvalue weighted by molar-refractivity contribution is 0.911. The minimum Gasteiger partial charge on any atom is -0.175 e. The SMILES string of the molecule is SCC=CCSc1ccc2c(c1)CCC2. The summed E-state index contributed by atoms with van der Waals surface area (Å²) in [4.78, 5) is 1.40. The third-order valence-electron chi connectivity index (χ3n) is 2.69. The van der Waals surface area contributed by atoms with E-state index in [2.05, 4.69) is 43.0 Å². The number of thiol groups is 1. The first-order chi connectivity index (χ1) is 7.40. The summed E-state index contributed by atoms with van der Waals surface area (Å²) in [7, 11) is 0. The van der Waals surface area contributed by atoms with Crippen LogP contribution in [0.5, 0.6) is 0 Å². The topological polar surface area (TPSA) is 0 Å². The molecule has 80 valence electrons. The molecule has 0 aromatic heterocycles. The molecule has 0 radical (unpaired) electrons. The molecule has 2 heteroatoms. The zero-order chi connectivity index (χ0) is 10.5. The molecule has 0 N–H and O–H groups in total. The Morgan fingerprint density at radius 3 is 2.93 bits per heavy atom. The van der Waals surface area contributed by atoms with Crippen molar-refractivity contribution in [3.8, 4) is 0 Å². The molecule has 0 spiro atoms. The average molecular weight is 236 g/mol. The molecule has 0 unspecified atom stereocenters. The van der Waals surface area contributed by atoms with Crippen molar-refractivity contribution in [2.45, 2.75) is 24.2 Å². The second kappa shape index (κ2) is 5.66. The van der Waals surface area contributed by atoms with Crippen LogP contribution in [0.15, 0.2) is 35.2 Å². The van der Waals surface area contributed by atoms with Crippen LogP contribution < -0.4 is 0 Å². The van der Waals surface area contributed by atoms with Crippen molar-refractivity contribution in [2.24, 2.45) is 0 Å². The van der Waals surface area contributed by atoms with Crippen LogP contribution in [-0.4, -0.2) is 11.5 Å².